The van der Waals surface area contributed by atoms with E-state index < -0.39 is 0 Å². The number of hydrogen-bond donors (Lipinski definition) is 1. The first-order valence-corrected chi connectivity index (χ1v) is 11.0. The summed E-state index contributed by atoms with van der Waals surface area (Å²) < 4.78 is 2.28. The second-order valence-corrected chi connectivity index (χ2v) is 8.21. The summed E-state index contributed by atoms with van der Waals surface area (Å²) in [6.45, 7) is 1.42. The van der Waals surface area contributed by atoms with Gasteiger partial charge in [-0.25, -0.2) is 4.98 Å². The van der Waals surface area contributed by atoms with Gasteiger partial charge in [0.1, 0.15) is 5.82 Å². The summed E-state index contributed by atoms with van der Waals surface area (Å²) in [6, 6.07) is 18.8. The molecule has 1 N–H and O–H groups in total. The van der Waals surface area contributed by atoms with E-state index in [2.05, 4.69) is 58.4 Å². The fourth-order valence-corrected chi connectivity index (χ4v) is 4.50. The molecular formula is C25H31N3O. The Kier molecular flexibility index (Phi) is 6.60. The predicted molar refractivity (Wildman–Crippen MR) is 118 cm³/mol. The molecule has 1 fully saturated rings. The van der Waals surface area contributed by atoms with Crippen molar-refractivity contribution in [2.45, 2.75) is 57.9 Å². The summed E-state index contributed by atoms with van der Waals surface area (Å²) in [4.78, 5) is 17.2. The minimum atomic E-state index is 0.201. The van der Waals surface area contributed by atoms with E-state index in [1.54, 1.807) is 0 Å². The fraction of sp³-hybridized carbons (Fsp3) is 0.440. The Bertz CT molecular complexity index is 926. The summed E-state index contributed by atoms with van der Waals surface area (Å²) in [6.07, 6.45) is 8.87. The third kappa shape index (κ3) is 5.26. The zero-order valence-corrected chi connectivity index (χ0v) is 17.1. The van der Waals surface area contributed by atoms with Gasteiger partial charge in [0, 0.05) is 25.9 Å². The van der Waals surface area contributed by atoms with Crippen molar-refractivity contribution >= 4 is 16.9 Å². The van der Waals surface area contributed by atoms with Crippen LogP contribution in [0.3, 0.4) is 0 Å². The van der Waals surface area contributed by atoms with Crippen molar-refractivity contribution in [3.8, 4) is 0 Å². The Balaban J connectivity index is 1.38. The van der Waals surface area contributed by atoms with Crippen LogP contribution in [0.1, 0.15) is 49.9 Å². The van der Waals surface area contributed by atoms with Crippen LogP contribution in [-0.2, 0) is 24.2 Å². The van der Waals surface area contributed by atoms with Gasteiger partial charge in [-0.3, -0.25) is 4.79 Å². The highest BCUT2D eigenvalue weighted by Gasteiger charge is 2.17. The molecule has 0 bridgehead atoms. The summed E-state index contributed by atoms with van der Waals surface area (Å²) in [5, 5.41) is 3.15. The van der Waals surface area contributed by atoms with Gasteiger partial charge in [-0.1, -0.05) is 61.7 Å². The molecule has 2 aromatic carbocycles. The summed E-state index contributed by atoms with van der Waals surface area (Å²) >= 11 is 0. The molecule has 0 radical (unpaired) electrons. The Hall–Kier alpha value is -2.62. The smallest absolute Gasteiger partial charge is 0.220 e. The molecule has 0 unspecified atom stereocenters. The number of nitrogens with zero attached hydrogens (tertiary/aromatic N) is 2. The summed E-state index contributed by atoms with van der Waals surface area (Å²) in [5.74, 6) is 1.88. The molecular weight excluding hydrogens is 358 g/mol. The second-order valence-electron chi connectivity index (χ2n) is 8.21. The third-order valence-corrected chi connectivity index (χ3v) is 6.07. The maximum absolute atomic E-state index is 12.4. The molecule has 29 heavy (non-hydrogen) atoms. The number of hydrogen-bond acceptors (Lipinski definition) is 2. The first-order valence-electron chi connectivity index (χ1n) is 11.0. The number of amides is 1. The van der Waals surface area contributed by atoms with Crippen LogP contribution >= 0.6 is 0 Å². The van der Waals surface area contributed by atoms with Crippen molar-refractivity contribution < 1.29 is 4.79 Å². The molecule has 4 rings (SSSR count). The van der Waals surface area contributed by atoms with Crippen LogP contribution in [0, 0.1) is 5.92 Å². The lowest BCUT2D eigenvalue weighted by Crippen LogP contribution is -2.29. The van der Waals surface area contributed by atoms with E-state index >= 15 is 0 Å². The highest BCUT2D eigenvalue weighted by atomic mass is 16.1. The molecule has 1 heterocycles. The Labute approximate surface area is 173 Å². The van der Waals surface area contributed by atoms with Gasteiger partial charge in [-0.2, -0.15) is 0 Å². The number of carbonyl (C=O) groups excluding carboxylic acids is 1. The lowest BCUT2D eigenvalue weighted by molar-refractivity contribution is -0.122. The number of imidazole rings is 1. The van der Waals surface area contributed by atoms with Crippen LogP contribution < -0.4 is 5.32 Å². The molecule has 0 aliphatic heterocycles. The van der Waals surface area contributed by atoms with Gasteiger partial charge >= 0.3 is 0 Å². The van der Waals surface area contributed by atoms with Gasteiger partial charge < -0.3 is 9.88 Å². The molecule has 0 saturated heterocycles. The van der Waals surface area contributed by atoms with Gasteiger partial charge in [0.05, 0.1) is 11.0 Å². The summed E-state index contributed by atoms with van der Waals surface area (Å²) in [5.41, 5.74) is 3.51. The Morgan fingerprint density at radius 3 is 2.55 bits per heavy atom. The second kappa shape index (κ2) is 9.73. The quantitative estimate of drug-likeness (QED) is 0.595. The molecule has 1 saturated carbocycles. The van der Waals surface area contributed by atoms with Crippen LogP contribution in [0.15, 0.2) is 54.6 Å². The van der Waals surface area contributed by atoms with Gasteiger partial charge in [-0.15, -0.1) is 0 Å². The number of para-hydroxylation sites is 2. The van der Waals surface area contributed by atoms with Crippen LogP contribution in [0.2, 0.25) is 0 Å². The van der Waals surface area contributed by atoms with Gasteiger partial charge in [0.15, 0.2) is 0 Å². The number of fused-ring (bicyclic) bond motifs is 1. The van der Waals surface area contributed by atoms with Crippen LogP contribution in [-0.4, -0.2) is 22.0 Å². The average molecular weight is 390 g/mol. The Morgan fingerprint density at radius 2 is 1.72 bits per heavy atom. The normalized spacial score (nSPS) is 14.9. The lowest BCUT2D eigenvalue weighted by atomic mass is 9.87. The molecule has 4 nitrogen and oxygen atoms in total. The monoisotopic (exact) mass is 389 g/mol. The maximum Gasteiger partial charge on any atom is 0.220 e. The van der Waals surface area contributed by atoms with Crippen molar-refractivity contribution in [2.75, 3.05) is 6.54 Å². The standard InChI is InChI=1S/C25H31N3O/c29-25(19-21-11-5-2-6-12-21)26-17-18-28-23-14-8-7-13-22(23)27-24(28)16-15-20-9-3-1-4-10-20/h1,3-4,7-10,13-14,21H,2,5-6,11-12,15-19H2,(H,26,29). The van der Waals surface area contributed by atoms with Crippen molar-refractivity contribution in [1.29, 1.82) is 0 Å². The van der Waals surface area contributed by atoms with Gasteiger partial charge in [-0.05, 0) is 42.9 Å². The van der Waals surface area contributed by atoms with E-state index in [1.165, 1.54) is 37.7 Å². The topological polar surface area (TPSA) is 46.9 Å². The van der Waals surface area contributed by atoms with E-state index in [0.717, 1.165) is 36.2 Å². The highest BCUT2D eigenvalue weighted by Crippen LogP contribution is 2.26. The SMILES string of the molecule is O=C(CC1CCCCC1)NCCn1c(CCc2ccccc2)nc2ccccc21. The number of carbonyl (C=O) groups is 1. The number of rotatable bonds is 8. The van der Waals surface area contributed by atoms with Gasteiger partial charge in [0.2, 0.25) is 5.91 Å². The maximum atomic E-state index is 12.4. The van der Waals surface area contributed by atoms with E-state index in [4.69, 9.17) is 4.98 Å². The predicted octanol–water partition coefficient (Wildman–Crippen LogP) is 4.91. The largest absolute Gasteiger partial charge is 0.354 e. The van der Waals surface area contributed by atoms with Crippen LogP contribution in [0.4, 0.5) is 0 Å². The minimum Gasteiger partial charge on any atom is -0.354 e. The molecule has 0 spiro atoms. The van der Waals surface area contributed by atoms with Crippen LogP contribution in [0.5, 0.6) is 0 Å². The van der Waals surface area contributed by atoms with Crippen molar-refractivity contribution in [1.82, 2.24) is 14.9 Å². The van der Waals surface area contributed by atoms with Gasteiger partial charge in [0.25, 0.3) is 0 Å². The minimum absolute atomic E-state index is 0.201. The van der Waals surface area contributed by atoms with E-state index in [0.29, 0.717) is 18.9 Å². The fourth-order valence-electron chi connectivity index (χ4n) is 4.50. The first kappa shape index (κ1) is 19.7. The van der Waals surface area contributed by atoms with Crippen LogP contribution in [0.25, 0.3) is 11.0 Å². The Morgan fingerprint density at radius 1 is 0.966 bits per heavy atom. The zero-order chi connectivity index (χ0) is 19.9. The molecule has 3 aromatic rings. The molecule has 0 atom stereocenters. The molecule has 1 aliphatic rings. The first-order chi connectivity index (χ1) is 14.3. The molecule has 1 aliphatic carbocycles. The molecule has 1 aromatic heterocycles. The van der Waals surface area contributed by atoms with E-state index in [1.807, 2.05) is 6.07 Å². The molecule has 4 heteroatoms. The third-order valence-electron chi connectivity index (χ3n) is 6.07. The van der Waals surface area contributed by atoms with E-state index in [-0.39, 0.29) is 5.91 Å². The van der Waals surface area contributed by atoms with Crippen molar-refractivity contribution in [2.24, 2.45) is 5.92 Å². The zero-order valence-electron chi connectivity index (χ0n) is 17.1. The number of benzene rings is 2. The average Bonchev–Trinajstić information content (AvgIpc) is 3.11. The molecule has 152 valence electrons. The number of aryl methyl sites for hydroxylation is 2. The van der Waals surface area contributed by atoms with Crippen molar-refractivity contribution in [3.63, 3.8) is 0 Å². The highest BCUT2D eigenvalue weighted by molar-refractivity contribution is 5.77. The summed E-state index contributed by atoms with van der Waals surface area (Å²) in [7, 11) is 0. The van der Waals surface area contributed by atoms with E-state index in [9.17, 15) is 4.79 Å². The van der Waals surface area contributed by atoms with Crippen molar-refractivity contribution in [3.05, 3.63) is 66.0 Å². The lowest BCUT2D eigenvalue weighted by Gasteiger charge is -2.21. The molecule has 1 amide bonds. The number of aromatic nitrogens is 2. The number of nitrogens with one attached hydrogen (secondary N) is 1.